The second-order valence-electron chi connectivity index (χ2n) is 3.06. The van der Waals surface area contributed by atoms with Gasteiger partial charge in [0.1, 0.15) is 5.78 Å². The molecule has 2 nitrogen and oxygen atoms in total. The minimum Gasteiger partial charge on any atom is -0.313 e. The Balaban J connectivity index is 1.99. The van der Waals surface area contributed by atoms with Gasteiger partial charge in [0.2, 0.25) is 0 Å². The molecular weight excluding hydrogens is 114 g/mol. The molecule has 2 fully saturated rings. The third-order valence-electron chi connectivity index (χ3n) is 2.45. The van der Waals surface area contributed by atoms with Crippen molar-refractivity contribution in [1.82, 2.24) is 5.32 Å². The number of ketones is 1. The second-order valence-corrected chi connectivity index (χ2v) is 3.06. The summed E-state index contributed by atoms with van der Waals surface area (Å²) in [7, 11) is 0. The summed E-state index contributed by atoms with van der Waals surface area (Å²) in [5.41, 5.74) is 0. The van der Waals surface area contributed by atoms with E-state index in [1.807, 2.05) is 0 Å². The average molecular weight is 125 g/mol. The normalized spacial score (nSPS) is 41.6. The molecule has 1 aliphatic heterocycles. The van der Waals surface area contributed by atoms with E-state index in [1.54, 1.807) is 0 Å². The van der Waals surface area contributed by atoms with Crippen LogP contribution < -0.4 is 5.32 Å². The summed E-state index contributed by atoms with van der Waals surface area (Å²) in [6, 6.07) is 0.561. The molecule has 0 aromatic carbocycles. The van der Waals surface area contributed by atoms with E-state index in [0.29, 0.717) is 11.8 Å². The van der Waals surface area contributed by atoms with Crippen LogP contribution in [0.1, 0.15) is 19.3 Å². The molecule has 2 atom stereocenters. The van der Waals surface area contributed by atoms with Crippen molar-refractivity contribution in [2.24, 2.45) is 5.92 Å². The fourth-order valence-corrected chi connectivity index (χ4v) is 1.69. The molecule has 0 radical (unpaired) electrons. The first-order chi connectivity index (χ1) is 4.36. The van der Waals surface area contributed by atoms with Crippen molar-refractivity contribution in [3.8, 4) is 0 Å². The minimum atomic E-state index is 0.448. The SMILES string of the molecule is O=C1CCC2CNC2C1. The number of Topliss-reactive ketones (excluding diaryl/α,β-unsaturated/α-hetero) is 1. The molecule has 0 spiro atoms. The van der Waals surface area contributed by atoms with Gasteiger partial charge in [-0.3, -0.25) is 4.79 Å². The maximum Gasteiger partial charge on any atom is 0.134 e. The number of hydrogen-bond donors (Lipinski definition) is 1. The highest BCUT2D eigenvalue weighted by Crippen LogP contribution is 2.27. The first-order valence-electron chi connectivity index (χ1n) is 3.61. The van der Waals surface area contributed by atoms with Crippen molar-refractivity contribution in [2.45, 2.75) is 25.3 Å². The molecule has 2 aliphatic rings. The number of nitrogens with one attached hydrogen (secondary N) is 1. The zero-order valence-corrected chi connectivity index (χ0v) is 5.39. The Kier molecular flexibility index (Phi) is 1.09. The number of fused-ring (bicyclic) bond motifs is 1. The third-order valence-corrected chi connectivity index (χ3v) is 2.45. The van der Waals surface area contributed by atoms with Gasteiger partial charge in [0, 0.05) is 18.9 Å². The molecule has 2 heteroatoms. The topological polar surface area (TPSA) is 29.1 Å². The van der Waals surface area contributed by atoms with Crippen LogP contribution >= 0.6 is 0 Å². The van der Waals surface area contributed by atoms with Gasteiger partial charge < -0.3 is 5.32 Å². The van der Waals surface area contributed by atoms with Gasteiger partial charge in [-0.25, -0.2) is 0 Å². The summed E-state index contributed by atoms with van der Waals surface area (Å²) in [6.45, 7) is 1.15. The van der Waals surface area contributed by atoms with Gasteiger partial charge in [0.15, 0.2) is 0 Å². The van der Waals surface area contributed by atoms with Gasteiger partial charge in [0.25, 0.3) is 0 Å². The highest BCUT2D eigenvalue weighted by Gasteiger charge is 2.35. The standard InChI is InChI=1S/C7H11NO/c9-6-2-1-5-4-8-7(5)3-6/h5,7-8H,1-4H2. The third kappa shape index (κ3) is 0.778. The molecule has 0 amide bonds. The largest absolute Gasteiger partial charge is 0.313 e. The van der Waals surface area contributed by atoms with E-state index in [9.17, 15) is 4.79 Å². The first kappa shape index (κ1) is 5.42. The van der Waals surface area contributed by atoms with Crippen LogP contribution in [0, 0.1) is 5.92 Å². The molecule has 2 rings (SSSR count). The lowest BCUT2D eigenvalue weighted by molar-refractivity contribution is -0.123. The molecule has 0 aromatic heterocycles. The number of carbonyl (C=O) groups is 1. The molecule has 1 N–H and O–H groups in total. The van der Waals surface area contributed by atoms with Crippen LogP contribution in [0.4, 0.5) is 0 Å². The van der Waals surface area contributed by atoms with E-state index in [2.05, 4.69) is 5.32 Å². The van der Waals surface area contributed by atoms with Gasteiger partial charge in [0.05, 0.1) is 0 Å². The average Bonchev–Trinajstić information content (AvgIpc) is 1.78. The molecule has 0 aromatic rings. The minimum absolute atomic E-state index is 0.448. The molecule has 1 saturated heterocycles. The van der Waals surface area contributed by atoms with E-state index in [0.717, 1.165) is 31.7 Å². The molecule has 0 bridgehead atoms. The fourth-order valence-electron chi connectivity index (χ4n) is 1.69. The highest BCUT2D eigenvalue weighted by atomic mass is 16.1. The van der Waals surface area contributed by atoms with Crippen LogP contribution in [-0.4, -0.2) is 18.4 Å². The van der Waals surface area contributed by atoms with E-state index in [4.69, 9.17) is 0 Å². The Hall–Kier alpha value is -0.370. The van der Waals surface area contributed by atoms with Crippen molar-refractivity contribution >= 4 is 5.78 Å². The lowest BCUT2D eigenvalue weighted by Gasteiger charge is -2.40. The molecule has 9 heavy (non-hydrogen) atoms. The number of carbonyl (C=O) groups excluding carboxylic acids is 1. The van der Waals surface area contributed by atoms with Gasteiger partial charge >= 0.3 is 0 Å². The second kappa shape index (κ2) is 1.81. The lowest BCUT2D eigenvalue weighted by Crippen LogP contribution is -2.55. The molecule has 1 aliphatic carbocycles. The quantitative estimate of drug-likeness (QED) is 0.505. The molecule has 1 heterocycles. The van der Waals surface area contributed by atoms with Crippen molar-refractivity contribution < 1.29 is 4.79 Å². The smallest absolute Gasteiger partial charge is 0.134 e. The molecule has 1 saturated carbocycles. The Bertz CT molecular complexity index is 144. The lowest BCUT2D eigenvalue weighted by atomic mass is 9.78. The Morgan fingerprint density at radius 1 is 1.56 bits per heavy atom. The highest BCUT2D eigenvalue weighted by molar-refractivity contribution is 5.80. The summed E-state index contributed by atoms with van der Waals surface area (Å²) in [5, 5.41) is 3.26. The van der Waals surface area contributed by atoms with Crippen LogP contribution in [-0.2, 0) is 4.79 Å². The van der Waals surface area contributed by atoms with Gasteiger partial charge in [-0.1, -0.05) is 0 Å². The van der Waals surface area contributed by atoms with E-state index < -0.39 is 0 Å². The van der Waals surface area contributed by atoms with E-state index in [1.165, 1.54) is 0 Å². The number of rotatable bonds is 0. The van der Waals surface area contributed by atoms with Crippen molar-refractivity contribution in [2.75, 3.05) is 6.54 Å². The van der Waals surface area contributed by atoms with Gasteiger partial charge in [-0.15, -0.1) is 0 Å². The van der Waals surface area contributed by atoms with E-state index in [-0.39, 0.29) is 0 Å². The van der Waals surface area contributed by atoms with Crippen LogP contribution in [0.5, 0.6) is 0 Å². The molecular formula is C7H11NO. The predicted octanol–water partition coefficient (Wildman–Crippen LogP) is 0.327. The number of hydrogen-bond acceptors (Lipinski definition) is 2. The Labute approximate surface area is 54.6 Å². The van der Waals surface area contributed by atoms with Crippen molar-refractivity contribution in [1.29, 1.82) is 0 Å². The van der Waals surface area contributed by atoms with E-state index >= 15 is 0 Å². The Morgan fingerprint density at radius 2 is 2.44 bits per heavy atom. The van der Waals surface area contributed by atoms with Gasteiger partial charge in [-0.2, -0.15) is 0 Å². The summed E-state index contributed by atoms with van der Waals surface area (Å²) in [6.07, 6.45) is 2.77. The predicted molar refractivity (Wildman–Crippen MR) is 34.1 cm³/mol. The maximum atomic E-state index is 10.8. The summed E-state index contributed by atoms with van der Waals surface area (Å²) < 4.78 is 0. The summed E-state index contributed by atoms with van der Waals surface area (Å²) in [4.78, 5) is 10.8. The van der Waals surface area contributed by atoms with Crippen molar-refractivity contribution in [3.63, 3.8) is 0 Å². The summed E-state index contributed by atoms with van der Waals surface area (Å²) >= 11 is 0. The monoisotopic (exact) mass is 125 g/mol. The van der Waals surface area contributed by atoms with Crippen LogP contribution in [0.25, 0.3) is 0 Å². The maximum absolute atomic E-state index is 10.8. The fraction of sp³-hybridized carbons (Fsp3) is 0.857. The zero-order chi connectivity index (χ0) is 6.27. The van der Waals surface area contributed by atoms with Gasteiger partial charge in [-0.05, 0) is 18.9 Å². The van der Waals surface area contributed by atoms with Crippen LogP contribution in [0.2, 0.25) is 0 Å². The van der Waals surface area contributed by atoms with Crippen LogP contribution in [0.15, 0.2) is 0 Å². The zero-order valence-electron chi connectivity index (χ0n) is 5.39. The molecule has 50 valence electrons. The first-order valence-corrected chi connectivity index (χ1v) is 3.61. The molecule has 2 unspecified atom stereocenters. The summed E-state index contributed by atoms with van der Waals surface area (Å²) in [5.74, 6) is 1.28. The van der Waals surface area contributed by atoms with Crippen LogP contribution in [0.3, 0.4) is 0 Å². The van der Waals surface area contributed by atoms with Crippen molar-refractivity contribution in [3.05, 3.63) is 0 Å². The Morgan fingerprint density at radius 3 is 2.89 bits per heavy atom.